The molecule has 10 heteroatoms. The molecule has 7 heterocycles. The van der Waals surface area contributed by atoms with Crippen molar-refractivity contribution in [2.24, 2.45) is 29.6 Å². The molecule has 0 N–H and O–H groups in total. The highest BCUT2D eigenvalue weighted by atomic mass is 17.3. The number of hydrogen-bond acceptors (Lipinski definition) is 10. The van der Waals surface area contributed by atoms with Crippen molar-refractivity contribution in [1.82, 2.24) is 0 Å². The molecule has 216 valence electrons. The lowest BCUT2D eigenvalue weighted by Crippen LogP contribution is -2.71. The maximum atomic E-state index is 6.80. The van der Waals surface area contributed by atoms with E-state index in [-0.39, 0.29) is 35.9 Å². The van der Waals surface area contributed by atoms with E-state index >= 15 is 0 Å². The fourth-order valence-corrected chi connectivity index (χ4v) is 8.37. The summed E-state index contributed by atoms with van der Waals surface area (Å²) in [4.78, 5) is 12.2. The summed E-state index contributed by atoms with van der Waals surface area (Å²) in [7, 11) is 0. The molecule has 7 aliphatic heterocycles. The third-order valence-corrected chi connectivity index (χ3v) is 10.2. The van der Waals surface area contributed by atoms with Gasteiger partial charge in [-0.05, 0) is 65.7 Å². The van der Waals surface area contributed by atoms with E-state index in [0.29, 0.717) is 12.5 Å². The minimum absolute atomic E-state index is 0.0267. The van der Waals surface area contributed by atoms with Crippen molar-refractivity contribution in [3.8, 4) is 0 Å². The Balaban J connectivity index is 1.19. The van der Waals surface area contributed by atoms with Gasteiger partial charge in [0.25, 0.3) is 0 Å². The molecule has 8 rings (SSSR count). The maximum Gasteiger partial charge on any atom is 0.316 e. The van der Waals surface area contributed by atoms with Gasteiger partial charge in [-0.3, -0.25) is 9.47 Å². The zero-order valence-corrected chi connectivity index (χ0v) is 23.9. The van der Waals surface area contributed by atoms with Crippen molar-refractivity contribution in [3.63, 3.8) is 0 Å². The standard InChI is InChI=1S/C28H44O10/c1-14-9-10-18-15(2)22(30-23-27(18)17(14)11-12-26(8,35-23)37-38-27)34-28-21(33-25(6,7)36-28)16(3)20(32-28)19-13-29-24(4,5)31-19/h14-23H,9-13H2,1-8H3/t14-,15-,16+,17+,18+,19?,20+,21-,22-,23-,26-,27-,28-/m1/s1. The van der Waals surface area contributed by atoms with E-state index in [1.165, 1.54) is 0 Å². The van der Waals surface area contributed by atoms with Gasteiger partial charge in [-0.15, -0.1) is 0 Å². The van der Waals surface area contributed by atoms with Crippen molar-refractivity contribution in [2.45, 2.75) is 141 Å². The Hall–Kier alpha value is -0.400. The first-order valence-corrected chi connectivity index (χ1v) is 14.5. The van der Waals surface area contributed by atoms with Crippen LogP contribution in [-0.4, -0.2) is 66.4 Å². The first kappa shape index (κ1) is 26.5. The number of ether oxygens (including phenoxy) is 8. The van der Waals surface area contributed by atoms with Crippen LogP contribution in [0.2, 0.25) is 0 Å². The van der Waals surface area contributed by atoms with Gasteiger partial charge >= 0.3 is 5.97 Å². The molecule has 0 amide bonds. The van der Waals surface area contributed by atoms with Crippen molar-refractivity contribution in [3.05, 3.63) is 0 Å². The van der Waals surface area contributed by atoms with Crippen LogP contribution in [0.25, 0.3) is 0 Å². The van der Waals surface area contributed by atoms with E-state index < -0.39 is 47.6 Å². The summed E-state index contributed by atoms with van der Waals surface area (Å²) in [5, 5.41) is 0. The van der Waals surface area contributed by atoms with Crippen LogP contribution in [0, 0.1) is 29.6 Å². The fourth-order valence-electron chi connectivity index (χ4n) is 8.37. The first-order chi connectivity index (χ1) is 17.8. The molecular weight excluding hydrogens is 496 g/mol. The minimum atomic E-state index is -1.44. The Morgan fingerprint density at radius 3 is 2.29 bits per heavy atom. The Bertz CT molecular complexity index is 958. The smallest absolute Gasteiger partial charge is 0.316 e. The Morgan fingerprint density at radius 1 is 0.763 bits per heavy atom. The van der Waals surface area contributed by atoms with Gasteiger partial charge in [-0.25, -0.2) is 9.78 Å². The normalized spacial score (nSPS) is 58.4. The fraction of sp³-hybridized carbons (Fsp3) is 1.00. The maximum absolute atomic E-state index is 6.80. The number of hydrogen-bond donors (Lipinski definition) is 0. The predicted octanol–water partition coefficient (Wildman–Crippen LogP) is 4.20. The Kier molecular flexibility index (Phi) is 5.81. The highest BCUT2D eigenvalue weighted by molar-refractivity contribution is 5.09. The van der Waals surface area contributed by atoms with Crippen LogP contribution < -0.4 is 0 Å². The average molecular weight is 541 g/mol. The lowest BCUT2D eigenvalue weighted by atomic mass is 9.58. The van der Waals surface area contributed by atoms with E-state index in [9.17, 15) is 0 Å². The van der Waals surface area contributed by atoms with Gasteiger partial charge in [0, 0.05) is 24.2 Å². The predicted molar refractivity (Wildman–Crippen MR) is 130 cm³/mol. The van der Waals surface area contributed by atoms with Crippen LogP contribution >= 0.6 is 0 Å². The summed E-state index contributed by atoms with van der Waals surface area (Å²) in [5.41, 5.74) is -0.663. The molecule has 0 aromatic carbocycles. The van der Waals surface area contributed by atoms with Gasteiger partial charge in [0.1, 0.15) is 12.2 Å². The summed E-state index contributed by atoms with van der Waals surface area (Å²) in [6.07, 6.45) is 1.50. The molecule has 7 saturated heterocycles. The molecule has 38 heavy (non-hydrogen) atoms. The summed E-state index contributed by atoms with van der Waals surface area (Å²) >= 11 is 0. The summed E-state index contributed by atoms with van der Waals surface area (Å²) in [6.45, 7) is 16.5. The van der Waals surface area contributed by atoms with Gasteiger partial charge in [-0.2, -0.15) is 0 Å². The lowest BCUT2D eigenvalue weighted by molar-refractivity contribution is -0.583. The van der Waals surface area contributed by atoms with E-state index in [4.69, 9.17) is 47.7 Å². The van der Waals surface area contributed by atoms with Crippen molar-refractivity contribution < 1.29 is 47.7 Å². The van der Waals surface area contributed by atoms with Crippen LogP contribution in [0.3, 0.4) is 0 Å². The van der Waals surface area contributed by atoms with E-state index in [1.54, 1.807) is 0 Å². The van der Waals surface area contributed by atoms with Crippen LogP contribution in [0.4, 0.5) is 0 Å². The molecule has 8 aliphatic rings. The molecule has 2 bridgehead atoms. The lowest BCUT2D eigenvalue weighted by Gasteiger charge is -2.60. The topological polar surface area (TPSA) is 92.3 Å². The van der Waals surface area contributed by atoms with Crippen LogP contribution in [0.15, 0.2) is 0 Å². The second-order valence-corrected chi connectivity index (χ2v) is 13.8. The van der Waals surface area contributed by atoms with Crippen molar-refractivity contribution >= 4 is 0 Å². The largest absolute Gasteiger partial charge is 0.348 e. The van der Waals surface area contributed by atoms with E-state index in [0.717, 1.165) is 25.7 Å². The molecule has 0 aromatic heterocycles. The third kappa shape index (κ3) is 3.75. The van der Waals surface area contributed by atoms with Gasteiger partial charge in [-0.1, -0.05) is 20.8 Å². The summed E-state index contributed by atoms with van der Waals surface area (Å²) < 4.78 is 51.5. The third-order valence-electron chi connectivity index (χ3n) is 10.2. The van der Waals surface area contributed by atoms with E-state index in [2.05, 4.69) is 20.8 Å². The molecular formula is C28H44O10. The molecule has 0 aromatic rings. The van der Waals surface area contributed by atoms with E-state index in [1.807, 2.05) is 34.6 Å². The molecule has 0 radical (unpaired) electrons. The van der Waals surface area contributed by atoms with Crippen molar-refractivity contribution in [2.75, 3.05) is 6.61 Å². The second-order valence-electron chi connectivity index (χ2n) is 13.8. The Morgan fingerprint density at radius 2 is 1.55 bits per heavy atom. The van der Waals surface area contributed by atoms with Crippen molar-refractivity contribution in [1.29, 1.82) is 0 Å². The zero-order chi connectivity index (χ0) is 26.9. The molecule has 1 spiro atoms. The van der Waals surface area contributed by atoms with Gasteiger partial charge in [0.2, 0.25) is 5.79 Å². The van der Waals surface area contributed by atoms with Gasteiger partial charge in [0.05, 0.1) is 12.7 Å². The highest BCUT2D eigenvalue weighted by Gasteiger charge is 2.72. The summed E-state index contributed by atoms with van der Waals surface area (Å²) in [6, 6.07) is 0. The molecule has 1 aliphatic carbocycles. The Labute approximate surface area is 225 Å². The molecule has 1 saturated carbocycles. The first-order valence-electron chi connectivity index (χ1n) is 14.5. The molecule has 1 unspecified atom stereocenters. The summed E-state index contributed by atoms with van der Waals surface area (Å²) in [5.74, 6) is -3.04. The SMILES string of the molecule is C[C@H]1[C@@H](C2COC(C)(C)O2)O[C@]2(O[C@H]3O[C@@H]4O[C@@]5(C)CC[C@H]6[C@H](C)CC[C@@H]([C@H]3C)[C@@]46OO5)OC(C)(C)O[C@H]12. The minimum Gasteiger partial charge on any atom is -0.348 e. The number of rotatable bonds is 3. The van der Waals surface area contributed by atoms with Crippen LogP contribution in [-0.2, 0) is 47.7 Å². The molecule has 13 atom stereocenters. The zero-order valence-electron chi connectivity index (χ0n) is 23.9. The molecule has 10 nitrogen and oxygen atoms in total. The second kappa shape index (κ2) is 8.33. The molecule has 8 fully saturated rings. The average Bonchev–Trinajstić information content (AvgIpc) is 3.32. The van der Waals surface area contributed by atoms with Gasteiger partial charge < -0.3 is 28.4 Å². The van der Waals surface area contributed by atoms with Crippen LogP contribution in [0.5, 0.6) is 0 Å². The van der Waals surface area contributed by atoms with Crippen LogP contribution in [0.1, 0.15) is 81.1 Å². The monoisotopic (exact) mass is 540 g/mol. The van der Waals surface area contributed by atoms with Gasteiger partial charge in [0.15, 0.2) is 29.8 Å². The highest BCUT2D eigenvalue weighted by Crippen LogP contribution is 2.61. The quantitative estimate of drug-likeness (QED) is 0.485. The number of fused-ring (bicyclic) bond motifs is 3.